The molecule has 0 aromatic carbocycles. The molecule has 0 saturated carbocycles. The minimum absolute atomic E-state index is 0.0332. The molecule has 2 rings (SSSR count). The van der Waals surface area contributed by atoms with Crippen LogP contribution in [0.5, 0.6) is 0 Å². The Balaban J connectivity index is 1.79. The molecule has 0 radical (unpaired) electrons. The van der Waals surface area contributed by atoms with Crippen LogP contribution in [0.2, 0.25) is 0 Å². The van der Waals surface area contributed by atoms with E-state index in [4.69, 9.17) is 9.73 Å². The minimum atomic E-state index is -0.457. The van der Waals surface area contributed by atoms with Gasteiger partial charge < -0.3 is 15.0 Å². The number of halogens is 1. The molecule has 2 aliphatic rings. The summed E-state index contributed by atoms with van der Waals surface area (Å²) in [5.74, 6) is 1.35. The van der Waals surface area contributed by atoms with E-state index in [0.29, 0.717) is 18.9 Å². The summed E-state index contributed by atoms with van der Waals surface area (Å²) in [7, 11) is 1.76. The maximum Gasteiger partial charge on any atom is 0.317 e. The third kappa shape index (κ3) is 6.97. The number of rotatable bonds is 8. The van der Waals surface area contributed by atoms with E-state index in [0.717, 1.165) is 43.6 Å². The van der Waals surface area contributed by atoms with Gasteiger partial charge >= 0.3 is 6.03 Å². The number of likely N-dealkylation sites (N-methyl/N-ethyl adjacent to an activating group) is 1. The predicted octanol–water partition coefficient (Wildman–Crippen LogP) is 1.85. The first kappa shape index (κ1) is 21.9. The van der Waals surface area contributed by atoms with Crippen LogP contribution < -0.4 is 5.32 Å². The Morgan fingerprint density at radius 2 is 2.12 bits per heavy atom. The average molecular weight is 496 g/mol. The molecule has 0 spiro atoms. The number of amides is 2. The Hall–Kier alpha value is -0.390. The van der Waals surface area contributed by atoms with Crippen molar-refractivity contribution in [2.45, 2.75) is 32.4 Å². The van der Waals surface area contributed by atoms with Crippen LogP contribution in [0.15, 0.2) is 4.99 Å². The number of morpholine rings is 1. The highest BCUT2D eigenvalue weighted by Gasteiger charge is 2.25. The molecule has 0 aliphatic carbocycles. The summed E-state index contributed by atoms with van der Waals surface area (Å²) >= 11 is 3.55. The summed E-state index contributed by atoms with van der Waals surface area (Å²) in [6.07, 6.45) is 0.621. The number of nitrogens with one attached hydrogen (secondary N) is 1. The van der Waals surface area contributed by atoms with Crippen molar-refractivity contribution in [3.8, 4) is 0 Å². The number of urea groups is 1. The van der Waals surface area contributed by atoms with Gasteiger partial charge in [-0.3, -0.25) is 14.7 Å². The number of nitrogens with zero attached hydrogens (tertiary/aromatic N) is 3. The van der Waals surface area contributed by atoms with Gasteiger partial charge in [-0.1, -0.05) is 13.8 Å². The Morgan fingerprint density at radius 1 is 1.42 bits per heavy atom. The summed E-state index contributed by atoms with van der Waals surface area (Å²) in [5.41, 5.74) is 0. The molecule has 9 heteroatoms. The Kier molecular flexibility index (Phi) is 9.11. The summed E-state index contributed by atoms with van der Waals surface area (Å²) < 4.78 is 5.30. The van der Waals surface area contributed by atoms with Crippen LogP contribution in [0.3, 0.4) is 0 Å². The van der Waals surface area contributed by atoms with Gasteiger partial charge in [-0.2, -0.15) is 0 Å². The molecular weight excluding hydrogens is 467 g/mol. The Bertz CT molecular complexity index is 526. The van der Waals surface area contributed by atoms with Gasteiger partial charge in [0.15, 0.2) is 0 Å². The minimum Gasteiger partial charge on any atom is -0.379 e. The van der Waals surface area contributed by atoms with E-state index < -0.39 is 6.04 Å². The number of ether oxygens (including phenoxy) is 1. The smallest absolute Gasteiger partial charge is 0.317 e. The predicted molar refractivity (Wildman–Crippen MR) is 114 cm³/mol. The van der Waals surface area contributed by atoms with Gasteiger partial charge in [-0.25, -0.2) is 4.79 Å². The van der Waals surface area contributed by atoms with Crippen LogP contribution in [0.1, 0.15) is 20.3 Å². The molecule has 0 aromatic rings. The van der Waals surface area contributed by atoms with Gasteiger partial charge in [0.1, 0.15) is 6.04 Å². The van der Waals surface area contributed by atoms with E-state index in [-0.39, 0.29) is 15.9 Å². The topological polar surface area (TPSA) is 74.2 Å². The molecule has 1 fully saturated rings. The van der Waals surface area contributed by atoms with Crippen molar-refractivity contribution >= 4 is 49.2 Å². The fourth-order valence-corrected chi connectivity index (χ4v) is 4.45. The van der Waals surface area contributed by atoms with Gasteiger partial charge in [-0.15, -0.1) is 11.8 Å². The fourth-order valence-electron chi connectivity index (χ4n) is 2.88. The second-order valence-electron chi connectivity index (χ2n) is 7.02. The molecular formula is C17H29IN4O3S. The summed E-state index contributed by atoms with van der Waals surface area (Å²) in [6.45, 7) is 8.85. The standard InChI is InChI=1S/C17H29IN4O3S/c1-12(2)16-19-13(11-26-16)10-21(3)17(24)20-14(15(18)23)4-5-22-6-8-25-9-7-22/h12-14H,4-11H2,1-3H3,(H,20,24). The van der Waals surface area contributed by atoms with E-state index in [2.05, 4.69) is 24.1 Å². The molecule has 2 amide bonds. The van der Waals surface area contributed by atoms with Crippen LogP contribution in [0, 0.1) is 5.92 Å². The summed E-state index contributed by atoms with van der Waals surface area (Å²) in [5, 5.41) is 4.04. The monoisotopic (exact) mass is 496 g/mol. The van der Waals surface area contributed by atoms with Crippen LogP contribution in [0.25, 0.3) is 0 Å². The number of carbonyl (C=O) groups is 2. The van der Waals surface area contributed by atoms with Crippen molar-refractivity contribution in [2.24, 2.45) is 10.9 Å². The largest absolute Gasteiger partial charge is 0.379 e. The van der Waals surface area contributed by atoms with Gasteiger partial charge in [-0.05, 0) is 6.42 Å². The van der Waals surface area contributed by atoms with Crippen LogP contribution in [-0.2, 0) is 9.53 Å². The molecule has 2 atom stereocenters. The lowest BCUT2D eigenvalue weighted by Gasteiger charge is -2.28. The second-order valence-corrected chi connectivity index (χ2v) is 9.12. The van der Waals surface area contributed by atoms with Crippen molar-refractivity contribution in [3.05, 3.63) is 0 Å². The molecule has 1 N–H and O–H groups in total. The normalized spacial score (nSPS) is 22.2. The van der Waals surface area contributed by atoms with E-state index in [1.807, 2.05) is 0 Å². The molecule has 2 aliphatic heterocycles. The zero-order valence-electron chi connectivity index (χ0n) is 15.7. The van der Waals surface area contributed by atoms with Crippen molar-refractivity contribution in [1.82, 2.24) is 15.1 Å². The molecule has 1 saturated heterocycles. The first-order valence-electron chi connectivity index (χ1n) is 9.08. The zero-order chi connectivity index (χ0) is 19.1. The Labute approximate surface area is 173 Å². The first-order valence-corrected chi connectivity index (χ1v) is 11.1. The lowest BCUT2D eigenvalue weighted by atomic mass is 10.2. The molecule has 0 aromatic heterocycles. The zero-order valence-corrected chi connectivity index (χ0v) is 18.7. The third-order valence-corrected chi connectivity index (χ3v) is 6.64. The molecule has 0 bridgehead atoms. The lowest BCUT2D eigenvalue weighted by Crippen LogP contribution is -2.48. The highest BCUT2D eigenvalue weighted by molar-refractivity contribution is 14.1. The van der Waals surface area contributed by atoms with Crippen molar-refractivity contribution in [2.75, 3.05) is 52.2 Å². The van der Waals surface area contributed by atoms with Crippen molar-refractivity contribution < 1.29 is 14.3 Å². The highest BCUT2D eigenvalue weighted by Crippen LogP contribution is 2.23. The maximum atomic E-state index is 12.5. The van der Waals surface area contributed by atoms with Gasteiger partial charge in [0.2, 0.25) is 3.79 Å². The Morgan fingerprint density at radius 3 is 2.69 bits per heavy atom. The van der Waals surface area contributed by atoms with Crippen LogP contribution >= 0.6 is 34.4 Å². The molecule has 2 unspecified atom stereocenters. The number of thioether (sulfide) groups is 1. The number of hydrogen-bond acceptors (Lipinski definition) is 6. The first-order chi connectivity index (χ1) is 12.4. The lowest BCUT2D eigenvalue weighted by molar-refractivity contribution is -0.111. The second kappa shape index (κ2) is 10.8. The maximum absolute atomic E-state index is 12.5. The quantitative estimate of drug-likeness (QED) is 0.410. The number of carbonyl (C=O) groups excluding carboxylic acids is 2. The van der Waals surface area contributed by atoms with E-state index >= 15 is 0 Å². The SMILES string of the molecule is CC(C)C1=NC(CN(C)C(=O)NC(CCN2CCOCC2)C(=O)I)CS1. The van der Waals surface area contributed by atoms with Crippen LogP contribution in [-0.4, -0.2) is 88.9 Å². The number of hydrogen-bond donors (Lipinski definition) is 1. The highest BCUT2D eigenvalue weighted by atomic mass is 127. The fraction of sp³-hybridized carbons (Fsp3) is 0.824. The number of aliphatic imine (C=N–C) groups is 1. The molecule has 148 valence electrons. The van der Waals surface area contributed by atoms with Gasteiger partial charge in [0.25, 0.3) is 0 Å². The van der Waals surface area contributed by atoms with Crippen LogP contribution in [0.4, 0.5) is 4.79 Å². The third-order valence-electron chi connectivity index (χ3n) is 4.47. The van der Waals surface area contributed by atoms with Crippen molar-refractivity contribution in [1.29, 1.82) is 0 Å². The molecule has 26 heavy (non-hydrogen) atoms. The van der Waals surface area contributed by atoms with Gasteiger partial charge in [0, 0.05) is 67.5 Å². The summed E-state index contributed by atoms with van der Waals surface area (Å²) in [4.78, 5) is 33.0. The van der Waals surface area contributed by atoms with Gasteiger partial charge in [0.05, 0.1) is 24.3 Å². The van der Waals surface area contributed by atoms with E-state index in [9.17, 15) is 9.59 Å². The average Bonchev–Trinajstić information content (AvgIpc) is 3.07. The van der Waals surface area contributed by atoms with E-state index in [1.54, 1.807) is 46.3 Å². The van der Waals surface area contributed by atoms with Crippen molar-refractivity contribution in [3.63, 3.8) is 0 Å². The van der Waals surface area contributed by atoms with E-state index in [1.165, 1.54) is 0 Å². The molecule has 7 nitrogen and oxygen atoms in total. The summed E-state index contributed by atoms with van der Waals surface area (Å²) in [6, 6.07) is -0.531. The molecule has 2 heterocycles.